The van der Waals surface area contributed by atoms with E-state index < -0.39 is 0 Å². The van der Waals surface area contributed by atoms with E-state index >= 15 is 0 Å². The van der Waals surface area contributed by atoms with Crippen LogP contribution in [0.3, 0.4) is 0 Å². The van der Waals surface area contributed by atoms with Crippen molar-refractivity contribution < 1.29 is 4.39 Å². The molecule has 0 nitrogen and oxygen atoms in total. The summed E-state index contributed by atoms with van der Waals surface area (Å²) in [6, 6.07) is 5.30. The molecule has 0 N–H and O–H groups in total. The Morgan fingerprint density at radius 1 is 1.17 bits per heavy atom. The maximum Gasteiger partial charge on any atom is 0.126 e. The molecular formula is C11H15F. The van der Waals surface area contributed by atoms with E-state index in [0.29, 0.717) is 0 Å². The number of benzene rings is 1. The largest absolute Gasteiger partial charge is 0.207 e. The Labute approximate surface area is 73.4 Å². The number of aryl methyl sites for hydroxylation is 1. The van der Waals surface area contributed by atoms with Gasteiger partial charge in [-0.05, 0) is 29.5 Å². The van der Waals surface area contributed by atoms with Crippen LogP contribution in [0.5, 0.6) is 0 Å². The average molecular weight is 166 g/mol. The maximum absolute atomic E-state index is 12.9. The zero-order valence-electron chi connectivity index (χ0n) is 8.11. The number of rotatable bonds is 0. The molecule has 12 heavy (non-hydrogen) atoms. The summed E-state index contributed by atoms with van der Waals surface area (Å²) in [5, 5.41) is 0. The van der Waals surface area contributed by atoms with Crippen molar-refractivity contribution in [2.24, 2.45) is 0 Å². The van der Waals surface area contributed by atoms with Crippen molar-refractivity contribution in [1.82, 2.24) is 0 Å². The molecule has 0 aliphatic rings. The molecule has 1 heteroatoms. The van der Waals surface area contributed by atoms with Gasteiger partial charge in [0.15, 0.2) is 0 Å². The number of hydrogen-bond acceptors (Lipinski definition) is 0. The molecule has 1 aromatic carbocycles. The highest BCUT2D eigenvalue weighted by molar-refractivity contribution is 5.28. The molecule has 0 aliphatic heterocycles. The Morgan fingerprint density at radius 2 is 1.75 bits per heavy atom. The lowest BCUT2D eigenvalue weighted by atomic mass is 9.86. The second-order valence-corrected chi connectivity index (χ2v) is 4.21. The first kappa shape index (κ1) is 9.24. The fourth-order valence-corrected chi connectivity index (χ4v) is 1.11. The van der Waals surface area contributed by atoms with Gasteiger partial charge >= 0.3 is 0 Å². The maximum atomic E-state index is 12.9. The molecule has 0 bridgehead atoms. The quantitative estimate of drug-likeness (QED) is 0.554. The second-order valence-electron chi connectivity index (χ2n) is 4.21. The standard InChI is InChI=1S/C11H15F/c1-8-7-9(11(2,3)4)5-6-10(8)12/h5-7H,1-4H3. The van der Waals surface area contributed by atoms with Crippen molar-refractivity contribution in [1.29, 1.82) is 0 Å². The monoisotopic (exact) mass is 166 g/mol. The summed E-state index contributed by atoms with van der Waals surface area (Å²) in [5.74, 6) is -0.122. The van der Waals surface area contributed by atoms with Crippen LogP contribution in [0.15, 0.2) is 18.2 Å². The smallest absolute Gasteiger partial charge is 0.126 e. The summed E-state index contributed by atoms with van der Waals surface area (Å²) in [5.41, 5.74) is 2.02. The molecule has 0 atom stereocenters. The number of hydrogen-bond donors (Lipinski definition) is 0. The van der Waals surface area contributed by atoms with E-state index in [9.17, 15) is 4.39 Å². The predicted octanol–water partition coefficient (Wildman–Crippen LogP) is 3.43. The Morgan fingerprint density at radius 3 is 2.17 bits per heavy atom. The van der Waals surface area contributed by atoms with E-state index in [0.717, 1.165) is 5.56 Å². The Balaban J connectivity index is 3.14. The minimum Gasteiger partial charge on any atom is -0.207 e. The van der Waals surface area contributed by atoms with Crippen LogP contribution in [0.25, 0.3) is 0 Å². The van der Waals surface area contributed by atoms with Crippen LogP contribution in [-0.4, -0.2) is 0 Å². The Kier molecular flexibility index (Phi) is 2.22. The fourth-order valence-electron chi connectivity index (χ4n) is 1.11. The molecular weight excluding hydrogens is 151 g/mol. The summed E-state index contributed by atoms with van der Waals surface area (Å²) < 4.78 is 12.9. The first-order valence-corrected chi connectivity index (χ1v) is 4.18. The molecule has 66 valence electrons. The van der Waals surface area contributed by atoms with Crippen LogP contribution in [0.1, 0.15) is 31.9 Å². The van der Waals surface area contributed by atoms with Gasteiger partial charge in [0.2, 0.25) is 0 Å². The second kappa shape index (κ2) is 2.89. The molecule has 0 amide bonds. The zero-order valence-corrected chi connectivity index (χ0v) is 8.11. The van der Waals surface area contributed by atoms with Crippen molar-refractivity contribution in [2.75, 3.05) is 0 Å². The fraction of sp³-hybridized carbons (Fsp3) is 0.455. The lowest BCUT2D eigenvalue weighted by Crippen LogP contribution is -2.11. The highest BCUT2D eigenvalue weighted by Gasteiger charge is 2.13. The minimum atomic E-state index is -0.122. The number of halogens is 1. The lowest BCUT2D eigenvalue weighted by Gasteiger charge is -2.19. The van der Waals surface area contributed by atoms with E-state index in [1.165, 1.54) is 11.6 Å². The van der Waals surface area contributed by atoms with Crippen LogP contribution in [-0.2, 0) is 5.41 Å². The van der Waals surface area contributed by atoms with Gasteiger partial charge in [-0.15, -0.1) is 0 Å². The van der Waals surface area contributed by atoms with Crippen LogP contribution in [0.4, 0.5) is 4.39 Å². The van der Waals surface area contributed by atoms with Crippen molar-refractivity contribution in [3.05, 3.63) is 35.1 Å². The van der Waals surface area contributed by atoms with E-state index in [1.807, 2.05) is 12.1 Å². The molecule has 1 aromatic rings. The van der Waals surface area contributed by atoms with Gasteiger partial charge < -0.3 is 0 Å². The summed E-state index contributed by atoms with van der Waals surface area (Å²) in [6.07, 6.45) is 0. The molecule has 0 spiro atoms. The van der Waals surface area contributed by atoms with Gasteiger partial charge in [-0.2, -0.15) is 0 Å². The molecule has 0 radical (unpaired) electrons. The van der Waals surface area contributed by atoms with E-state index in [-0.39, 0.29) is 11.2 Å². The average Bonchev–Trinajstić information content (AvgIpc) is 1.92. The SMILES string of the molecule is Cc1cc(C(C)(C)C)ccc1F. The highest BCUT2D eigenvalue weighted by atomic mass is 19.1. The molecule has 0 fully saturated rings. The third kappa shape index (κ3) is 1.84. The van der Waals surface area contributed by atoms with Gasteiger partial charge in [0.25, 0.3) is 0 Å². The summed E-state index contributed by atoms with van der Waals surface area (Å²) in [4.78, 5) is 0. The molecule has 0 heterocycles. The summed E-state index contributed by atoms with van der Waals surface area (Å²) in [7, 11) is 0. The van der Waals surface area contributed by atoms with Crippen LogP contribution in [0.2, 0.25) is 0 Å². The first-order chi connectivity index (χ1) is 5.41. The molecule has 0 saturated heterocycles. The van der Waals surface area contributed by atoms with Gasteiger partial charge in [-0.1, -0.05) is 32.9 Å². The molecule has 0 aromatic heterocycles. The zero-order chi connectivity index (χ0) is 9.35. The van der Waals surface area contributed by atoms with Crippen molar-refractivity contribution in [2.45, 2.75) is 33.1 Å². The topological polar surface area (TPSA) is 0 Å². The van der Waals surface area contributed by atoms with Crippen molar-refractivity contribution in [3.8, 4) is 0 Å². The van der Waals surface area contributed by atoms with E-state index in [2.05, 4.69) is 20.8 Å². The predicted molar refractivity (Wildman–Crippen MR) is 49.8 cm³/mol. The Bertz CT molecular complexity index is 282. The third-order valence-corrected chi connectivity index (χ3v) is 2.02. The third-order valence-electron chi connectivity index (χ3n) is 2.02. The molecule has 0 aliphatic carbocycles. The van der Waals surface area contributed by atoms with Crippen LogP contribution >= 0.6 is 0 Å². The van der Waals surface area contributed by atoms with Crippen molar-refractivity contribution in [3.63, 3.8) is 0 Å². The van der Waals surface area contributed by atoms with Gasteiger partial charge in [0, 0.05) is 0 Å². The highest BCUT2D eigenvalue weighted by Crippen LogP contribution is 2.23. The summed E-state index contributed by atoms with van der Waals surface area (Å²) in [6.45, 7) is 8.17. The molecule has 0 saturated carbocycles. The van der Waals surface area contributed by atoms with Gasteiger partial charge in [0.1, 0.15) is 5.82 Å². The normalized spacial score (nSPS) is 11.8. The Hall–Kier alpha value is -0.850. The molecule has 1 rings (SSSR count). The van der Waals surface area contributed by atoms with Crippen LogP contribution < -0.4 is 0 Å². The minimum absolute atomic E-state index is 0.110. The van der Waals surface area contributed by atoms with E-state index in [1.54, 1.807) is 6.92 Å². The van der Waals surface area contributed by atoms with Gasteiger partial charge in [0.05, 0.1) is 0 Å². The summed E-state index contributed by atoms with van der Waals surface area (Å²) >= 11 is 0. The van der Waals surface area contributed by atoms with Crippen molar-refractivity contribution >= 4 is 0 Å². The van der Waals surface area contributed by atoms with Gasteiger partial charge in [-0.3, -0.25) is 0 Å². The van der Waals surface area contributed by atoms with Crippen LogP contribution in [0, 0.1) is 12.7 Å². The lowest BCUT2D eigenvalue weighted by molar-refractivity contribution is 0.579. The first-order valence-electron chi connectivity index (χ1n) is 4.18. The van der Waals surface area contributed by atoms with E-state index in [4.69, 9.17) is 0 Å². The van der Waals surface area contributed by atoms with Gasteiger partial charge in [-0.25, -0.2) is 4.39 Å². The molecule has 0 unspecified atom stereocenters.